The number of nitrogens with zero attached hydrogens (tertiary/aromatic N) is 2. The van der Waals surface area contributed by atoms with Crippen molar-refractivity contribution in [3.8, 4) is 23.0 Å². The molecule has 0 saturated carbocycles. The summed E-state index contributed by atoms with van der Waals surface area (Å²) in [4.78, 5) is 6.80. The molecule has 1 saturated heterocycles. The maximum absolute atomic E-state index is 12.6. The molecule has 7 heteroatoms. The summed E-state index contributed by atoms with van der Waals surface area (Å²) in [5.74, 6) is 1.75. The Kier molecular flexibility index (Phi) is 6.11. The fourth-order valence-corrected chi connectivity index (χ4v) is 4.54. The predicted octanol–water partition coefficient (Wildman–Crippen LogP) is 4.84. The van der Waals surface area contributed by atoms with Crippen molar-refractivity contribution in [2.45, 2.75) is 13.0 Å². The van der Waals surface area contributed by atoms with E-state index in [-0.39, 0.29) is 24.1 Å². The molecule has 0 aliphatic carbocycles. The van der Waals surface area contributed by atoms with Crippen molar-refractivity contribution in [2.75, 3.05) is 32.9 Å². The molecule has 6 nitrogen and oxygen atoms in total. The molecule has 0 amide bonds. The number of allylic oxidation sites excluding steroid dienone is 1. The summed E-state index contributed by atoms with van der Waals surface area (Å²) in [6.45, 7) is 4.63. The highest BCUT2D eigenvalue weighted by Crippen LogP contribution is 2.47. The molecule has 0 spiro atoms. The van der Waals surface area contributed by atoms with Crippen LogP contribution in [0.4, 0.5) is 4.39 Å². The van der Waals surface area contributed by atoms with Crippen LogP contribution in [0, 0.1) is 5.92 Å². The fraction of sp³-hybridized carbons (Fsp3) is 0.296. The molecule has 0 bridgehead atoms. The van der Waals surface area contributed by atoms with Crippen LogP contribution in [0.2, 0.25) is 0 Å². The second-order valence-electron chi connectivity index (χ2n) is 8.81. The minimum atomic E-state index is -0.494. The lowest BCUT2D eigenvalue weighted by Gasteiger charge is -2.37. The lowest BCUT2D eigenvalue weighted by molar-refractivity contribution is 0.0668. The Morgan fingerprint density at radius 2 is 1.82 bits per heavy atom. The van der Waals surface area contributed by atoms with Crippen LogP contribution in [0.5, 0.6) is 23.0 Å². The summed E-state index contributed by atoms with van der Waals surface area (Å²) in [5.41, 5.74) is 4.48. The van der Waals surface area contributed by atoms with Gasteiger partial charge in [0.15, 0.2) is 6.10 Å². The zero-order valence-electron chi connectivity index (χ0n) is 18.9. The molecule has 2 aliphatic rings. The molecule has 176 valence electrons. The Bertz CT molecular complexity index is 1190. The number of phenolic OH excluding ortho intramolecular Hbond substituents is 2. The first kappa shape index (κ1) is 22.2. The van der Waals surface area contributed by atoms with Gasteiger partial charge in [0.25, 0.3) is 0 Å². The Morgan fingerprint density at radius 1 is 1.06 bits per heavy atom. The van der Waals surface area contributed by atoms with Crippen LogP contribution in [0.1, 0.15) is 29.8 Å². The number of aromatic nitrogens is 1. The van der Waals surface area contributed by atoms with Gasteiger partial charge in [0.05, 0.1) is 18.6 Å². The number of aromatic hydroxyl groups is 2. The monoisotopic (exact) mass is 462 g/mol. The van der Waals surface area contributed by atoms with Crippen LogP contribution in [0.15, 0.2) is 60.8 Å². The third-order valence-corrected chi connectivity index (χ3v) is 6.41. The first-order valence-corrected chi connectivity index (χ1v) is 11.4. The molecule has 0 radical (unpaired) electrons. The van der Waals surface area contributed by atoms with E-state index in [1.165, 1.54) is 0 Å². The molecule has 34 heavy (non-hydrogen) atoms. The van der Waals surface area contributed by atoms with Gasteiger partial charge in [-0.1, -0.05) is 12.1 Å². The molecule has 1 fully saturated rings. The molecule has 3 aromatic rings. The van der Waals surface area contributed by atoms with Gasteiger partial charge >= 0.3 is 0 Å². The van der Waals surface area contributed by atoms with Crippen molar-refractivity contribution in [1.29, 1.82) is 0 Å². The smallest absolute Gasteiger partial charge is 0.166 e. The predicted molar refractivity (Wildman–Crippen MR) is 128 cm³/mol. The summed E-state index contributed by atoms with van der Waals surface area (Å²) in [7, 11) is 0. The Labute approximate surface area is 197 Å². The summed E-state index contributed by atoms with van der Waals surface area (Å²) >= 11 is 0. The zero-order chi connectivity index (χ0) is 23.7. The largest absolute Gasteiger partial charge is 0.508 e. The number of phenols is 2. The number of halogens is 1. The maximum atomic E-state index is 12.6. The molecule has 2 aliphatic heterocycles. The first-order valence-electron chi connectivity index (χ1n) is 11.4. The van der Waals surface area contributed by atoms with Crippen LogP contribution in [0.25, 0.3) is 11.1 Å². The maximum Gasteiger partial charge on any atom is 0.166 e. The zero-order valence-corrected chi connectivity index (χ0v) is 18.9. The summed E-state index contributed by atoms with van der Waals surface area (Å²) in [6.07, 6.45) is 1.19. The highest BCUT2D eigenvalue weighted by atomic mass is 19.1. The average Bonchev–Trinajstić information content (AvgIpc) is 2.81. The highest BCUT2D eigenvalue weighted by Gasteiger charge is 2.30. The van der Waals surface area contributed by atoms with Gasteiger partial charge in [-0.2, -0.15) is 0 Å². The second-order valence-corrected chi connectivity index (χ2v) is 8.81. The normalized spacial score (nSPS) is 18.2. The van der Waals surface area contributed by atoms with Gasteiger partial charge in [0, 0.05) is 42.8 Å². The van der Waals surface area contributed by atoms with E-state index >= 15 is 0 Å². The van der Waals surface area contributed by atoms with E-state index in [4.69, 9.17) is 9.47 Å². The van der Waals surface area contributed by atoms with Crippen LogP contribution in [0.3, 0.4) is 0 Å². The van der Waals surface area contributed by atoms with Gasteiger partial charge in [-0.3, -0.25) is 14.3 Å². The number of ether oxygens (including phenoxy) is 2. The van der Waals surface area contributed by atoms with Crippen LogP contribution >= 0.6 is 0 Å². The number of fused-ring (bicyclic) bond motifs is 1. The quantitative estimate of drug-likeness (QED) is 0.524. The van der Waals surface area contributed by atoms with Crippen molar-refractivity contribution in [2.24, 2.45) is 5.92 Å². The van der Waals surface area contributed by atoms with Crippen molar-refractivity contribution < 1.29 is 24.1 Å². The van der Waals surface area contributed by atoms with E-state index in [9.17, 15) is 14.6 Å². The fourth-order valence-electron chi connectivity index (χ4n) is 4.54. The summed E-state index contributed by atoms with van der Waals surface area (Å²) in [6, 6.07) is 15.9. The second kappa shape index (κ2) is 9.35. The molecular formula is C27H27FN2O4. The topological polar surface area (TPSA) is 75.1 Å². The minimum Gasteiger partial charge on any atom is -0.508 e. The SMILES string of the molecule is CC1=C(c2ccc(O)cc2)C(c2ccc(OCCN3CC(CF)C3)cn2)Oc2cc(O)ccc21. The molecule has 2 N–H and O–H groups in total. The number of hydrogen-bond donors (Lipinski definition) is 2. The number of pyridine rings is 1. The van der Waals surface area contributed by atoms with Gasteiger partial charge in [-0.05, 0) is 54.5 Å². The van der Waals surface area contributed by atoms with E-state index in [1.54, 1.807) is 30.5 Å². The van der Waals surface area contributed by atoms with E-state index in [0.717, 1.165) is 41.9 Å². The van der Waals surface area contributed by atoms with Crippen molar-refractivity contribution in [3.63, 3.8) is 0 Å². The molecule has 5 rings (SSSR count). The number of alkyl halides is 1. The standard InChI is InChI=1S/C27H27FN2O4/c1-17-23-8-6-21(32)12-25(23)34-27(26(17)19-2-4-20(31)5-3-19)24-9-7-22(14-29-24)33-11-10-30-15-18(13-28)16-30/h2-9,12,14,18,27,31-32H,10-11,13,15-16H2,1H3. The van der Waals surface area contributed by atoms with E-state index in [1.807, 2.05) is 37.3 Å². The molecule has 2 aromatic carbocycles. The van der Waals surface area contributed by atoms with Gasteiger partial charge < -0.3 is 19.7 Å². The van der Waals surface area contributed by atoms with E-state index in [2.05, 4.69) is 9.88 Å². The Balaban J connectivity index is 1.37. The lowest BCUT2D eigenvalue weighted by Crippen LogP contribution is -2.49. The van der Waals surface area contributed by atoms with Crippen molar-refractivity contribution in [3.05, 3.63) is 77.6 Å². The van der Waals surface area contributed by atoms with Gasteiger partial charge in [-0.15, -0.1) is 0 Å². The number of likely N-dealkylation sites (tertiary alicyclic amines) is 1. The third kappa shape index (κ3) is 4.43. The van der Waals surface area contributed by atoms with Crippen molar-refractivity contribution >= 4 is 11.1 Å². The third-order valence-electron chi connectivity index (χ3n) is 6.41. The molecular weight excluding hydrogens is 435 g/mol. The molecule has 1 atom stereocenters. The van der Waals surface area contributed by atoms with Gasteiger partial charge in [-0.25, -0.2) is 0 Å². The van der Waals surface area contributed by atoms with Gasteiger partial charge in [0.2, 0.25) is 0 Å². The summed E-state index contributed by atoms with van der Waals surface area (Å²) < 4.78 is 24.7. The summed E-state index contributed by atoms with van der Waals surface area (Å²) in [5, 5.41) is 19.7. The molecule has 1 aromatic heterocycles. The highest BCUT2D eigenvalue weighted by molar-refractivity contribution is 5.95. The molecule has 3 heterocycles. The average molecular weight is 463 g/mol. The first-order chi connectivity index (χ1) is 16.5. The number of hydrogen-bond acceptors (Lipinski definition) is 6. The number of rotatable bonds is 7. The van der Waals surface area contributed by atoms with E-state index < -0.39 is 6.10 Å². The molecule has 1 unspecified atom stereocenters. The van der Waals surface area contributed by atoms with Gasteiger partial charge in [0.1, 0.15) is 29.6 Å². The van der Waals surface area contributed by atoms with Crippen LogP contribution < -0.4 is 9.47 Å². The van der Waals surface area contributed by atoms with Crippen LogP contribution in [-0.2, 0) is 0 Å². The van der Waals surface area contributed by atoms with Crippen molar-refractivity contribution in [1.82, 2.24) is 9.88 Å². The lowest BCUT2D eigenvalue weighted by atomic mass is 9.87. The Morgan fingerprint density at radius 3 is 2.53 bits per heavy atom. The minimum absolute atomic E-state index is 0.134. The van der Waals surface area contributed by atoms with Crippen LogP contribution in [-0.4, -0.2) is 53.0 Å². The number of benzene rings is 2. The Hall–Kier alpha value is -3.58. The van der Waals surface area contributed by atoms with E-state index in [0.29, 0.717) is 23.8 Å².